The minimum Gasteiger partial charge on any atom is -0.299 e. The number of carbonyl (C=O) groups excluding carboxylic acids is 1. The van der Waals surface area contributed by atoms with Gasteiger partial charge in [0.15, 0.2) is 0 Å². The van der Waals surface area contributed by atoms with Crippen molar-refractivity contribution >= 4 is 18.7 Å². The van der Waals surface area contributed by atoms with Crippen LogP contribution in [0.5, 0.6) is 0 Å². The first-order chi connectivity index (χ1) is 3.31. The Morgan fingerprint density at radius 3 is 2.57 bits per heavy atom. The molecule has 0 aromatic heterocycles. The molecular formula is C3H4FNOS. The molecule has 0 atom stereocenters. The second-order valence-electron chi connectivity index (χ2n) is 0.769. The lowest BCUT2D eigenvalue weighted by Gasteiger charge is -1.81. The monoisotopic (exact) mass is 121 g/mol. The van der Waals surface area contributed by atoms with Crippen LogP contribution in [0.2, 0.25) is 0 Å². The van der Waals surface area contributed by atoms with Gasteiger partial charge >= 0.3 is 0 Å². The molecule has 0 aliphatic carbocycles. The zero-order chi connectivity index (χ0) is 5.70. The molecule has 0 aliphatic rings. The maximum Gasteiger partial charge on any atom is 0.255 e. The molecule has 4 heteroatoms. The molecule has 7 heavy (non-hydrogen) atoms. The highest BCUT2D eigenvalue weighted by atomic mass is 32.1. The molecule has 0 aromatic rings. The van der Waals surface area contributed by atoms with E-state index in [2.05, 4.69) is 12.8 Å². The van der Waals surface area contributed by atoms with Gasteiger partial charge in [0.25, 0.3) is 5.91 Å². The zero-order valence-corrected chi connectivity index (χ0v) is 4.28. The first kappa shape index (κ1) is 6.49. The number of hydrogen-bond donors (Lipinski definition) is 2. The molecular weight excluding hydrogens is 117 g/mol. The van der Waals surface area contributed by atoms with Crippen molar-refractivity contribution in [3.8, 4) is 0 Å². The summed E-state index contributed by atoms with van der Waals surface area (Å²) >= 11 is 3.33. The minimum atomic E-state index is -0.564. The maximum atomic E-state index is 11.0. The van der Waals surface area contributed by atoms with Crippen LogP contribution in [-0.4, -0.2) is 5.91 Å². The van der Waals surface area contributed by atoms with Crippen LogP contribution in [0.1, 0.15) is 0 Å². The number of halogens is 1. The van der Waals surface area contributed by atoms with Crippen molar-refractivity contribution in [3.05, 3.63) is 12.4 Å². The SMILES string of the molecule is O=C(/C=C/F)NS. The standard InChI is InChI=1S/C3H4FNOS/c4-2-1-3(6)5-7/h1-2,7H,(H,5,6)/b2-1+. The fourth-order valence-corrected chi connectivity index (χ4v) is 0.169. The fraction of sp³-hybridized carbons (Fsp3) is 0. The van der Waals surface area contributed by atoms with Crippen LogP contribution in [0.25, 0.3) is 0 Å². The van der Waals surface area contributed by atoms with Gasteiger partial charge in [0, 0.05) is 6.08 Å². The van der Waals surface area contributed by atoms with Gasteiger partial charge in [-0.2, -0.15) is 0 Å². The third-order valence-electron chi connectivity index (χ3n) is 0.325. The van der Waals surface area contributed by atoms with Crippen molar-refractivity contribution in [1.82, 2.24) is 4.72 Å². The van der Waals surface area contributed by atoms with Crippen molar-refractivity contribution in [3.63, 3.8) is 0 Å². The van der Waals surface area contributed by atoms with Crippen LogP contribution in [0.15, 0.2) is 12.4 Å². The first-order valence-electron chi connectivity index (χ1n) is 1.52. The van der Waals surface area contributed by atoms with Gasteiger partial charge in [0.1, 0.15) is 0 Å². The van der Waals surface area contributed by atoms with Crippen LogP contribution in [0.4, 0.5) is 4.39 Å². The third-order valence-corrected chi connectivity index (χ3v) is 0.545. The molecule has 0 aromatic carbocycles. The van der Waals surface area contributed by atoms with E-state index in [0.29, 0.717) is 0 Å². The molecule has 0 heterocycles. The Labute approximate surface area is 45.9 Å². The van der Waals surface area contributed by atoms with Crippen molar-refractivity contribution < 1.29 is 9.18 Å². The quantitative estimate of drug-likeness (QED) is 0.382. The Hall–Kier alpha value is -0.510. The Morgan fingerprint density at radius 2 is 2.43 bits per heavy atom. The molecule has 0 aliphatic heterocycles. The molecule has 0 radical (unpaired) electrons. The summed E-state index contributed by atoms with van der Waals surface area (Å²) in [5.74, 6) is -0.564. The minimum absolute atomic E-state index is 0.144. The highest BCUT2D eigenvalue weighted by Gasteiger charge is 1.83. The second kappa shape index (κ2) is 3.67. The lowest BCUT2D eigenvalue weighted by Crippen LogP contribution is -2.06. The molecule has 1 N–H and O–H groups in total. The first-order valence-corrected chi connectivity index (χ1v) is 1.97. The van der Waals surface area contributed by atoms with Crippen molar-refractivity contribution in [2.45, 2.75) is 0 Å². The smallest absolute Gasteiger partial charge is 0.255 e. The molecule has 0 unspecified atom stereocenters. The van der Waals surface area contributed by atoms with Crippen LogP contribution < -0.4 is 4.72 Å². The van der Waals surface area contributed by atoms with Gasteiger partial charge in [-0.1, -0.05) is 12.8 Å². The largest absolute Gasteiger partial charge is 0.299 e. The molecule has 0 saturated carbocycles. The number of nitrogens with one attached hydrogen (secondary N) is 1. The normalized spacial score (nSPS) is 9.43. The van der Waals surface area contributed by atoms with E-state index < -0.39 is 5.91 Å². The van der Waals surface area contributed by atoms with Gasteiger partial charge in [-0.3, -0.25) is 9.52 Å². The summed E-state index contributed by atoms with van der Waals surface area (Å²) < 4.78 is 12.8. The van der Waals surface area contributed by atoms with Crippen LogP contribution >= 0.6 is 12.8 Å². The molecule has 0 rings (SSSR count). The predicted molar refractivity (Wildman–Crippen MR) is 27.4 cm³/mol. The highest BCUT2D eigenvalue weighted by Crippen LogP contribution is 1.72. The third kappa shape index (κ3) is 3.32. The van der Waals surface area contributed by atoms with Crippen molar-refractivity contribution in [1.29, 1.82) is 0 Å². The van der Waals surface area contributed by atoms with Gasteiger partial charge in [-0.15, -0.1) is 0 Å². The van der Waals surface area contributed by atoms with Crippen LogP contribution in [0.3, 0.4) is 0 Å². The number of rotatable bonds is 1. The van der Waals surface area contributed by atoms with Gasteiger partial charge < -0.3 is 0 Å². The van der Waals surface area contributed by atoms with E-state index in [1.165, 1.54) is 0 Å². The van der Waals surface area contributed by atoms with Crippen molar-refractivity contribution in [2.75, 3.05) is 0 Å². The Balaban J connectivity index is 3.37. The van der Waals surface area contributed by atoms with Gasteiger partial charge in [0.2, 0.25) is 0 Å². The van der Waals surface area contributed by atoms with Crippen LogP contribution in [-0.2, 0) is 4.79 Å². The van der Waals surface area contributed by atoms with E-state index >= 15 is 0 Å². The van der Waals surface area contributed by atoms with E-state index in [0.717, 1.165) is 6.08 Å². The summed E-state index contributed by atoms with van der Waals surface area (Å²) in [6, 6.07) is 0. The molecule has 2 nitrogen and oxygen atoms in total. The number of hydrogen-bond acceptors (Lipinski definition) is 2. The van der Waals surface area contributed by atoms with E-state index in [-0.39, 0.29) is 6.33 Å². The Kier molecular flexibility index (Phi) is 3.40. The average Bonchev–Trinajstić information content (AvgIpc) is 1.68. The topological polar surface area (TPSA) is 29.1 Å². The van der Waals surface area contributed by atoms with Crippen molar-refractivity contribution in [2.24, 2.45) is 0 Å². The van der Waals surface area contributed by atoms with E-state index in [1.54, 1.807) is 0 Å². The summed E-state index contributed by atoms with van der Waals surface area (Å²) in [5, 5.41) is 0. The second-order valence-corrected chi connectivity index (χ2v) is 0.992. The van der Waals surface area contributed by atoms with E-state index in [4.69, 9.17) is 0 Å². The Morgan fingerprint density at radius 1 is 1.86 bits per heavy atom. The summed E-state index contributed by atoms with van der Waals surface area (Å²) in [5.41, 5.74) is 0. The summed E-state index contributed by atoms with van der Waals surface area (Å²) in [4.78, 5) is 9.90. The molecule has 0 fully saturated rings. The molecule has 0 spiro atoms. The maximum absolute atomic E-state index is 11.0. The summed E-state index contributed by atoms with van der Waals surface area (Å²) in [7, 11) is 0. The average molecular weight is 121 g/mol. The van der Waals surface area contributed by atoms with E-state index in [1.807, 2.05) is 4.72 Å². The van der Waals surface area contributed by atoms with E-state index in [9.17, 15) is 9.18 Å². The Bertz CT molecular complexity index is 92.9. The molecule has 1 amide bonds. The number of thiol groups is 1. The lowest BCUT2D eigenvalue weighted by atomic mass is 10.6. The molecule has 0 bridgehead atoms. The summed E-state index contributed by atoms with van der Waals surface area (Å²) in [6.45, 7) is 0. The number of amides is 1. The van der Waals surface area contributed by atoms with Gasteiger partial charge in [-0.25, -0.2) is 4.39 Å². The number of carbonyl (C=O) groups is 1. The van der Waals surface area contributed by atoms with Gasteiger partial charge in [-0.05, 0) is 0 Å². The van der Waals surface area contributed by atoms with Gasteiger partial charge in [0.05, 0.1) is 6.33 Å². The molecule has 40 valence electrons. The fourth-order valence-electron chi connectivity index (χ4n) is 0.0945. The predicted octanol–water partition coefficient (Wildman–Crippen LogP) is 0.431. The summed E-state index contributed by atoms with van der Waals surface area (Å²) in [6.07, 6.45) is 0.874. The highest BCUT2D eigenvalue weighted by molar-refractivity contribution is 7.78. The molecule has 0 saturated heterocycles. The van der Waals surface area contributed by atoms with Crippen LogP contribution in [0, 0.1) is 0 Å². The lowest BCUT2D eigenvalue weighted by molar-refractivity contribution is -0.114. The zero-order valence-electron chi connectivity index (χ0n) is 3.39.